The molecule has 0 amide bonds. The number of halogens is 1. The first-order chi connectivity index (χ1) is 19.4. The number of nitrogens with zero attached hydrogens (tertiary/aromatic N) is 1. The molecule has 0 radical (unpaired) electrons. The van der Waals surface area contributed by atoms with Crippen molar-refractivity contribution in [3.8, 4) is 23.0 Å². The molecule has 0 heterocycles. The van der Waals surface area contributed by atoms with Gasteiger partial charge in [0.15, 0.2) is 0 Å². The molecule has 40 heavy (non-hydrogen) atoms. The van der Waals surface area contributed by atoms with E-state index in [0.29, 0.717) is 43.5 Å². The minimum Gasteiger partial charge on any atom is -0.497 e. The van der Waals surface area contributed by atoms with Crippen LogP contribution in [0.1, 0.15) is 23.1 Å². The minimum absolute atomic E-state index is 0.273. The van der Waals surface area contributed by atoms with Gasteiger partial charge in [0.25, 0.3) is 0 Å². The maximum atomic E-state index is 13.3. The highest BCUT2D eigenvalue weighted by Crippen LogP contribution is 2.29. The number of hydrogen-bond donors (Lipinski definition) is 2. The van der Waals surface area contributed by atoms with Crippen LogP contribution in [0.4, 0.5) is 4.39 Å². The van der Waals surface area contributed by atoms with Gasteiger partial charge in [-0.2, -0.15) is 0 Å². The van der Waals surface area contributed by atoms with Gasteiger partial charge in [0.05, 0.1) is 7.11 Å². The average Bonchev–Trinajstić information content (AvgIpc) is 2.97. The number of para-hydroxylation sites is 2. The molecule has 0 fully saturated rings. The summed E-state index contributed by atoms with van der Waals surface area (Å²) in [6, 6.07) is 28.0. The predicted octanol–water partition coefficient (Wildman–Crippen LogP) is 6.01. The number of hydrogen-bond acceptors (Lipinski definition) is 6. The molecule has 1 atom stereocenters. The van der Waals surface area contributed by atoms with Crippen molar-refractivity contribution in [3.63, 3.8) is 0 Å². The lowest BCUT2D eigenvalue weighted by Gasteiger charge is -2.25. The molecule has 4 rings (SSSR count). The average molecular weight is 545 g/mol. The summed E-state index contributed by atoms with van der Waals surface area (Å²) in [5, 5.41) is 9.34. The fourth-order valence-corrected chi connectivity index (χ4v) is 4.16. The van der Waals surface area contributed by atoms with Gasteiger partial charge in [-0.3, -0.25) is 9.69 Å². The SMILES string of the molecule is COc1ccc(Oc2ccccc2CN(CC[C@H](N)C(=O)O)Cc2ccccc2OCc2ccc(F)cc2)cc1. The summed E-state index contributed by atoms with van der Waals surface area (Å²) in [6.45, 7) is 1.71. The van der Waals surface area contributed by atoms with Crippen molar-refractivity contribution in [1.82, 2.24) is 4.90 Å². The van der Waals surface area contributed by atoms with Gasteiger partial charge >= 0.3 is 5.97 Å². The van der Waals surface area contributed by atoms with Crippen molar-refractivity contribution >= 4 is 5.97 Å². The molecule has 0 aliphatic rings. The molecule has 0 spiro atoms. The number of methoxy groups -OCH3 is 1. The summed E-state index contributed by atoms with van der Waals surface area (Å²) in [4.78, 5) is 13.5. The van der Waals surface area contributed by atoms with E-state index in [0.717, 1.165) is 22.4 Å². The lowest BCUT2D eigenvalue weighted by atomic mass is 10.1. The Balaban J connectivity index is 1.53. The summed E-state index contributed by atoms with van der Waals surface area (Å²) in [7, 11) is 1.61. The first-order valence-electron chi connectivity index (χ1n) is 13.0. The fraction of sp³-hybridized carbons (Fsp3) is 0.219. The second-order valence-corrected chi connectivity index (χ2v) is 9.35. The van der Waals surface area contributed by atoms with Crippen LogP contribution in [0.25, 0.3) is 0 Å². The van der Waals surface area contributed by atoms with Crippen LogP contribution in [0.3, 0.4) is 0 Å². The van der Waals surface area contributed by atoms with Crippen molar-refractivity contribution in [2.75, 3.05) is 13.7 Å². The number of carboxylic acid groups (broad SMARTS) is 1. The Morgan fingerprint density at radius 2 is 1.43 bits per heavy atom. The zero-order valence-corrected chi connectivity index (χ0v) is 22.3. The van der Waals surface area contributed by atoms with E-state index in [4.69, 9.17) is 19.9 Å². The third-order valence-corrected chi connectivity index (χ3v) is 6.40. The Hall–Kier alpha value is -4.40. The first kappa shape index (κ1) is 28.6. The van der Waals surface area contributed by atoms with E-state index in [2.05, 4.69) is 4.90 Å². The molecule has 0 aliphatic carbocycles. The third-order valence-electron chi connectivity index (χ3n) is 6.40. The van der Waals surface area contributed by atoms with Crippen LogP contribution in [0.5, 0.6) is 23.0 Å². The molecule has 0 unspecified atom stereocenters. The van der Waals surface area contributed by atoms with Gasteiger partial charge in [-0.05, 0) is 60.5 Å². The van der Waals surface area contributed by atoms with Gasteiger partial charge in [-0.25, -0.2) is 4.39 Å². The number of aliphatic carboxylic acids is 1. The summed E-state index contributed by atoms with van der Waals surface area (Å²) in [5.74, 6) is 1.47. The maximum Gasteiger partial charge on any atom is 0.320 e. The van der Waals surface area contributed by atoms with E-state index in [1.807, 2.05) is 72.8 Å². The van der Waals surface area contributed by atoms with Gasteiger partial charge in [-0.1, -0.05) is 48.5 Å². The van der Waals surface area contributed by atoms with Crippen molar-refractivity contribution in [2.45, 2.75) is 32.2 Å². The zero-order valence-electron chi connectivity index (χ0n) is 22.3. The van der Waals surface area contributed by atoms with Crippen molar-refractivity contribution in [1.29, 1.82) is 0 Å². The minimum atomic E-state index is -1.04. The van der Waals surface area contributed by atoms with Crippen molar-refractivity contribution in [2.24, 2.45) is 5.73 Å². The predicted molar refractivity (Wildman–Crippen MR) is 151 cm³/mol. The first-order valence-corrected chi connectivity index (χ1v) is 13.0. The Labute approximate surface area is 233 Å². The Bertz CT molecular complexity index is 1380. The van der Waals surface area contributed by atoms with Gasteiger partial charge < -0.3 is 25.1 Å². The van der Waals surface area contributed by atoms with E-state index in [-0.39, 0.29) is 12.2 Å². The number of carboxylic acids is 1. The van der Waals surface area contributed by atoms with E-state index in [1.165, 1.54) is 12.1 Å². The highest BCUT2D eigenvalue weighted by atomic mass is 19.1. The summed E-state index contributed by atoms with van der Waals surface area (Å²) in [6.07, 6.45) is 0.273. The van der Waals surface area contributed by atoms with E-state index in [1.54, 1.807) is 19.2 Å². The van der Waals surface area contributed by atoms with Gasteiger partial charge in [0, 0.05) is 30.8 Å². The molecule has 7 nitrogen and oxygen atoms in total. The number of rotatable bonds is 14. The summed E-state index contributed by atoms with van der Waals surface area (Å²) >= 11 is 0. The number of nitrogens with two attached hydrogens (primary N) is 1. The molecule has 0 aromatic heterocycles. The van der Waals surface area contributed by atoms with Crippen LogP contribution in [-0.4, -0.2) is 35.7 Å². The van der Waals surface area contributed by atoms with Crippen molar-refractivity contribution < 1.29 is 28.5 Å². The maximum absolute atomic E-state index is 13.3. The molecule has 8 heteroatoms. The standard InChI is InChI=1S/C32H33FN2O5/c1-38-27-14-16-28(17-15-27)40-31-9-5-3-7-25(31)21-35(19-18-29(34)32(36)37)20-24-6-2-4-8-30(24)39-22-23-10-12-26(33)13-11-23/h2-17,29H,18-22,34H2,1H3,(H,36,37)/t29-/m0/s1. The second-order valence-electron chi connectivity index (χ2n) is 9.35. The molecule has 4 aromatic carbocycles. The van der Waals surface area contributed by atoms with Gasteiger partial charge in [0.1, 0.15) is 41.5 Å². The fourth-order valence-electron chi connectivity index (χ4n) is 4.16. The normalized spacial score (nSPS) is 11.7. The van der Waals surface area contributed by atoms with E-state index >= 15 is 0 Å². The molecule has 0 saturated heterocycles. The molecule has 0 aliphatic heterocycles. The molecule has 208 valence electrons. The summed E-state index contributed by atoms with van der Waals surface area (Å²) < 4.78 is 30.8. The van der Waals surface area contributed by atoms with E-state index < -0.39 is 12.0 Å². The highest BCUT2D eigenvalue weighted by molar-refractivity contribution is 5.73. The molecule has 4 aromatic rings. The molecular weight excluding hydrogens is 511 g/mol. The second kappa shape index (κ2) is 14.1. The Morgan fingerprint density at radius 1 is 0.850 bits per heavy atom. The van der Waals surface area contributed by atoms with E-state index in [9.17, 15) is 14.3 Å². The lowest BCUT2D eigenvalue weighted by molar-refractivity contribution is -0.138. The number of ether oxygens (including phenoxy) is 3. The van der Waals surface area contributed by atoms with Gasteiger partial charge in [-0.15, -0.1) is 0 Å². The number of benzene rings is 4. The smallest absolute Gasteiger partial charge is 0.320 e. The van der Waals surface area contributed by atoms with Crippen LogP contribution < -0.4 is 19.9 Å². The monoisotopic (exact) mass is 544 g/mol. The van der Waals surface area contributed by atoms with Crippen LogP contribution in [-0.2, 0) is 24.5 Å². The molecule has 0 saturated carbocycles. The summed E-state index contributed by atoms with van der Waals surface area (Å²) in [5.41, 5.74) is 8.57. The molecule has 0 bridgehead atoms. The van der Waals surface area contributed by atoms with Crippen LogP contribution in [0.15, 0.2) is 97.1 Å². The molecular formula is C32H33FN2O5. The van der Waals surface area contributed by atoms with Crippen LogP contribution in [0.2, 0.25) is 0 Å². The Morgan fingerprint density at radius 3 is 2.05 bits per heavy atom. The van der Waals surface area contributed by atoms with Crippen LogP contribution >= 0.6 is 0 Å². The molecule has 3 N–H and O–H groups in total. The zero-order chi connectivity index (χ0) is 28.3. The van der Waals surface area contributed by atoms with Crippen molar-refractivity contribution in [3.05, 3.63) is 120 Å². The largest absolute Gasteiger partial charge is 0.497 e. The topological polar surface area (TPSA) is 94.2 Å². The quantitative estimate of drug-likeness (QED) is 0.201. The highest BCUT2D eigenvalue weighted by Gasteiger charge is 2.18. The van der Waals surface area contributed by atoms with Crippen LogP contribution in [0, 0.1) is 5.82 Å². The lowest BCUT2D eigenvalue weighted by Crippen LogP contribution is -2.35. The van der Waals surface area contributed by atoms with Gasteiger partial charge in [0.2, 0.25) is 0 Å². The Kier molecular flexibility index (Phi) is 10.1. The number of carbonyl (C=O) groups is 1. The third kappa shape index (κ3) is 8.30.